The Morgan fingerprint density at radius 1 is 1.15 bits per heavy atom. The van der Waals surface area contributed by atoms with Crippen LogP contribution in [-0.4, -0.2) is 49.0 Å². The van der Waals surface area contributed by atoms with Crippen molar-refractivity contribution in [2.45, 2.75) is 26.2 Å². The van der Waals surface area contributed by atoms with E-state index in [1.165, 1.54) is 18.4 Å². The van der Waals surface area contributed by atoms with Gasteiger partial charge in [-0.25, -0.2) is 0 Å². The fourth-order valence-corrected chi connectivity index (χ4v) is 3.09. The Morgan fingerprint density at radius 2 is 1.92 bits per heavy atom. The van der Waals surface area contributed by atoms with Gasteiger partial charge in [0.25, 0.3) is 0 Å². The van der Waals surface area contributed by atoms with E-state index in [1.807, 2.05) is 18.2 Å². The molecule has 1 N–H and O–H groups in total. The van der Waals surface area contributed by atoms with E-state index in [9.17, 15) is 0 Å². The lowest BCUT2D eigenvalue weighted by atomic mass is 10.00. The van der Waals surface area contributed by atoms with Crippen molar-refractivity contribution in [3.05, 3.63) is 30.0 Å². The topological polar surface area (TPSA) is 72.4 Å². The summed E-state index contributed by atoms with van der Waals surface area (Å²) in [7, 11) is 3.29. The van der Waals surface area contributed by atoms with Crippen LogP contribution >= 0.6 is 0 Å². The average molecular weight is 357 g/mol. The molecule has 1 aromatic carbocycles. The van der Waals surface area contributed by atoms with Crippen LogP contribution in [0.3, 0.4) is 0 Å². The molecule has 1 saturated heterocycles. The molecule has 0 saturated carbocycles. The van der Waals surface area contributed by atoms with Crippen LogP contribution in [0.5, 0.6) is 11.5 Å². The fraction of sp³-hybridized carbons (Fsp3) is 0.526. The summed E-state index contributed by atoms with van der Waals surface area (Å²) in [6.45, 7) is 5.04. The van der Waals surface area contributed by atoms with Gasteiger partial charge in [-0.1, -0.05) is 13.0 Å². The third kappa shape index (κ3) is 4.53. The van der Waals surface area contributed by atoms with Crippen molar-refractivity contribution in [3.63, 3.8) is 0 Å². The number of piperidine rings is 1. The summed E-state index contributed by atoms with van der Waals surface area (Å²) in [6, 6.07) is 5.97. The third-order valence-corrected chi connectivity index (χ3v) is 4.78. The first kappa shape index (κ1) is 18.2. The molecule has 0 atom stereocenters. The molecular weight excluding hydrogens is 330 g/mol. The molecule has 7 heteroatoms. The lowest BCUT2D eigenvalue weighted by Gasteiger charge is -2.29. The van der Waals surface area contributed by atoms with E-state index in [-0.39, 0.29) is 0 Å². The molecule has 1 aliphatic rings. The number of methoxy groups -OCH3 is 2. The number of rotatable bonds is 7. The number of nitrogens with one attached hydrogen (secondary N) is 1. The van der Waals surface area contributed by atoms with Crippen molar-refractivity contribution in [1.82, 2.24) is 15.2 Å². The Kier molecular flexibility index (Phi) is 6.09. The number of aromatic nitrogens is 3. The zero-order valence-electron chi connectivity index (χ0n) is 15.7. The van der Waals surface area contributed by atoms with Crippen LogP contribution in [0.4, 0.5) is 11.8 Å². The van der Waals surface area contributed by atoms with Crippen LogP contribution in [0.25, 0.3) is 0 Å². The fourth-order valence-electron chi connectivity index (χ4n) is 3.09. The molecule has 3 rings (SSSR count). The lowest BCUT2D eigenvalue weighted by Crippen LogP contribution is -2.34. The number of anilines is 2. The number of ether oxygens (including phenoxy) is 2. The van der Waals surface area contributed by atoms with Crippen molar-refractivity contribution in [1.29, 1.82) is 0 Å². The summed E-state index contributed by atoms with van der Waals surface area (Å²) < 4.78 is 10.6. The summed E-state index contributed by atoms with van der Waals surface area (Å²) in [6.07, 6.45) is 4.88. The van der Waals surface area contributed by atoms with Gasteiger partial charge in [0.2, 0.25) is 5.95 Å². The van der Waals surface area contributed by atoms with Gasteiger partial charge in [-0.3, -0.25) is 0 Å². The van der Waals surface area contributed by atoms with Crippen LogP contribution in [0, 0.1) is 5.92 Å². The predicted octanol–water partition coefficient (Wildman–Crippen LogP) is 2.78. The second-order valence-corrected chi connectivity index (χ2v) is 6.68. The monoisotopic (exact) mass is 357 g/mol. The first-order valence-corrected chi connectivity index (χ1v) is 9.09. The first-order valence-electron chi connectivity index (χ1n) is 9.09. The van der Waals surface area contributed by atoms with Crippen LogP contribution in [0.15, 0.2) is 24.4 Å². The van der Waals surface area contributed by atoms with Gasteiger partial charge in [0.05, 0.1) is 20.4 Å². The highest BCUT2D eigenvalue weighted by Crippen LogP contribution is 2.27. The maximum atomic E-state index is 5.35. The lowest BCUT2D eigenvalue weighted by molar-refractivity contribution is 0.354. The Morgan fingerprint density at radius 3 is 2.65 bits per heavy atom. The van der Waals surface area contributed by atoms with Crippen molar-refractivity contribution >= 4 is 11.8 Å². The minimum absolute atomic E-state index is 0.716. The third-order valence-electron chi connectivity index (χ3n) is 4.78. The highest BCUT2D eigenvalue weighted by atomic mass is 16.5. The molecule has 0 bridgehead atoms. The summed E-state index contributed by atoms with van der Waals surface area (Å²) in [5.41, 5.74) is 1.17. The van der Waals surface area contributed by atoms with Crippen molar-refractivity contribution in [2.24, 2.45) is 5.92 Å². The van der Waals surface area contributed by atoms with Crippen LogP contribution in [0.2, 0.25) is 0 Å². The van der Waals surface area contributed by atoms with E-state index in [2.05, 4.69) is 32.3 Å². The molecule has 0 amide bonds. The molecule has 2 heterocycles. The molecule has 1 fully saturated rings. The molecule has 0 radical (unpaired) electrons. The smallest absolute Gasteiger partial charge is 0.247 e. The number of nitrogens with zero attached hydrogens (tertiary/aromatic N) is 4. The SMILES string of the molecule is COc1ccc(CCNc2cnnc(N3CCC(C)CC3)n2)cc1OC. The average Bonchev–Trinajstić information content (AvgIpc) is 2.68. The molecule has 0 spiro atoms. The van der Waals surface area contributed by atoms with Gasteiger partial charge < -0.3 is 19.7 Å². The van der Waals surface area contributed by atoms with Gasteiger partial charge in [-0.05, 0) is 42.9 Å². The zero-order valence-corrected chi connectivity index (χ0v) is 15.7. The second-order valence-electron chi connectivity index (χ2n) is 6.68. The molecule has 140 valence electrons. The van der Waals surface area contributed by atoms with Gasteiger partial charge in [0, 0.05) is 19.6 Å². The molecule has 7 nitrogen and oxygen atoms in total. The largest absolute Gasteiger partial charge is 0.493 e. The molecule has 1 aromatic heterocycles. The quantitative estimate of drug-likeness (QED) is 0.817. The highest BCUT2D eigenvalue weighted by Gasteiger charge is 2.18. The standard InChI is InChI=1S/C19H27N5O2/c1-14-7-10-24(11-8-14)19-22-18(13-21-23-19)20-9-6-15-4-5-16(25-2)17(12-15)26-3/h4-5,12-14H,6-11H2,1-3H3,(H,20,22,23). The van der Waals surface area contributed by atoms with Gasteiger partial charge >= 0.3 is 0 Å². The molecule has 0 aliphatic carbocycles. The number of benzene rings is 1. The van der Waals surface area contributed by atoms with Crippen LogP contribution in [0.1, 0.15) is 25.3 Å². The van der Waals surface area contributed by atoms with E-state index in [0.717, 1.165) is 49.3 Å². The molecule has 26 heavy (non-hydrogen) atoms. The van der Waals surface area contributed by atoms with Crippen LogP contribution < -0.4 is 19.7 Å². The molecule has 1 aliphatic heterocycles. The van der Waals surface area contributed by atoms with E-state index in [4.69, 9.17) is 9.47 Å². The Bertz CT molecular complexity index is 717. The van der Waals surface area contributed by atoms with E-state index >= 15 is 0 Å². The Hall–Kier alpha value is -2.57. The highest BCUT2D eigenvalue weighted by molar-refractivity contribution is 5.43. The Labute approximate surface area is 154 Å². The molecule has 0 unspecified atom stereocenters. The van der Waals surface area contributed by atoms with E-state index < -0.39 is 0 Å². The summed E-state index contributed by atoms with van der Waals surface area (Å²) in [4.78, 5) is 6.83. The van der Waals surface area contributed by atoms with Gasteiger partial charge in [0.15, 0.2) is 17.3 Å². The summed E-state index contributed by atoms with van der Waals surface area (Å²) in [5.74, 6) is 3.74. The molecular formula is C19H27N5O2. The van der Waals surface area contributed by atoms with Gasteiger partial charge in [-0.2, -0.15) is 10.1 Å². The number of hydrogen-bond donors (Lipinski definition) is 1. The first-order chi connectivity index (χ1) is 12.7. The maximum Gasteiger partial charge on any atom is 0.247 e. The van der Waals surface area contributed by atoms with E-state index in [0.29, 0.717) is 5.95 Å². The van der Waals surface area contributed by atoms with Gasteiger partial charge in [0.1, 0.15) is 0 Å². The summed E-state index contributed by atoms with van der Waals surface area (Å²) in [5, 5.41) is 11.6. The van der Waals surface area contributed by atoms with Crippen molar-refractivity contribution in [3.8, 4) is 11.5 Å². The minimum Gasteiger partial charge on any atom is -0.493 e. The Balaban J connectivity index is 1.56. The van der Waals surface area contributed by atoms with Gasteiger partial charge in [-0.15, -0.1) is 5.10 Å². The second kappa shape index (κ2) is 8.69. The van der Waals surface area contributed by atoms with Crippen molar-refractivity contribution < 1.29 is 9.47 Å². The van der Waals surface area contributed by atoms with E-state index in [1.54, 1.807) is 20.4 Å². The zero-order chi connectivity index (χ0) is 18.4. The van der Waals surface area contributed by atoms with Crippen LogP contribution in [-0.2, 0) is 6.42 Å². The van der Waals surface area contributed by atoms with Crippen molar-refractivity contribution in [2.75, 3.05) is 44.1 Å². The minimum atomic E-state index is 0.716. The summed E-state index contributed by atoms with van der Waals surface area (Å²) >= 11 is 0. The number of hydrogen-bond acceptors (Lipinski definition) is 7. The normalized spacial score (nSPS) is 15.0. The molecule has 2 aromatic rings. The maximum absolute atomic E-state index is 5.35. The predicted molar refractivity (Wildman–Crippen MR) is 102 cm³/mol.